The van der Waals surface area contributed by atoms with Gasteiger partial charge in [-0.1, -0.05) is 335 Å². The van der Waals surface area contributed by atoms with Gasteiger partial charge in [-0.05, 0) is 12.8 Å². The molecule has 8 atom stereocenters. The fraction of sp³-hybridized carbons (Fsp3) is 0.985. The molecule has 0 aromatic rings. The van der Waals surface area contributed by atoms with E-state index in [0.29, 0.717) is 12.8 Å². The molecule has 7 N–H and O–H groups in total. The molecule has 0 aromatic carbocycles. The van der Waals surface area contributed by atoms with Crippen LogP contribution < -0.4 is 5.32 Å². The smallest absolute Gasteiger partial charge is 0.249 e. The van der Waals surface area contributed by atoms with Crippen molar-refractivity contribution in [2.45, 2.75) is 397 Å². The fourth-order valence-electron chi connectivity index (χ4n) is 11.2. The van der Waals surface area contributed by atoms with Crippen molar-refractivity contribution in [3.8, 4) is 0 Å². The summed E-state index contributed by atoms with van der Waals surface area (Å²) in [6.45, 7) is 3.72. The molecule has 1 saturated heterocycles. The van der Waals surface area contributed by atoms with Crippen LogP contribution >= 0.6 is 0 Å². The van der Waals surface area contributed by atoms with E-state index in [4.69, 9.17) is 9.47 Å². The van der Waals surface area contributed by atoms with Crippen LogP contribution in [0.4, 0.5) is 0 Å². The topological polar surface area (TPSA) is 169 Å². The molecule has 448 valence electrons. The third kappa shape index (κ3) is 43.6. The molecule has 1 aliphatic heterocycles. The standard InChI is InChI=1S/C65H129NO9/c1-3-5-7-9-11-13-15-17-19-20-21-22-23-24-25-26-27-28-29-30-31-32-33-34-35-36-37-38-39-40-42-44-46-48-50-52-54-59(69)64(73)66-57(56-74-65-63(72)62(71)61(70)60(55-67)75-65)58(68)53-51-49-47-45-43-41-18-16-14-12-10-8-6-4-2/h57-63,65,67-72H,3-56H2,1-2H3,(H,66,73). The van der Waals surface area contributed by atoms with Crippen molar-refractivity contribution in [3.05, 3.63) is 0 Å². The predicted octanol–water partition coefficient (Wildman–Crippen LogP) is 16.3. The predicted molar refractivity (Wildman–Crippen MR) is 315 cm³/mol. The van der Waals surface area contributed by atoms with Gasteiger partial charge in [0, 0.05) is 0 Å². The van der Waals surface area contributed by atoms with Gasteiger partial charge in [0.1, 0.15) is 30.5 Å². The molecule has 0 saturated carbocycles. The third-order valence-electron chi connectivity index (χ3n) is 16.6. The average molecular weight is 1070 g/mol. The molecule has 0 bridgehead atoms. The van der Waals surface area contributed by atoms with Gasteiger partial charge in [-0.2, -0.15) is 0 Å². The number of aliphatic hydroxyl groups is 6. The van der Waals surface area contributed by atoms with E-state index >= 15 is 0 Å². The van der Waals surface area contributed by atoms with Gasteiger partial charge in [0.05, 0.1) is 25.4 Å². The highest BCUT2D eigenvalue weighted by atomic mass is 16.7. The molecule has 1 heterocycles. The number of aliphatic hydroxyl groups excluding tert-OH is 6. The van der Waals surface area contributed by atoms with Crippen molar-refractivity contribution in [2.75, 3.05) is 13.2 Å². The van der Waals surface area contributed by atoms with Crippen LogP contribution in [0, 0.1) is 0 Å². The zero-order valence-electron chi connectivity index (χ0n) is 49.7. The van der Waals surface area contributed by atoms with E-state index in [2.05, 4.69) is 19.2 Å². The molecule has 0 aliphatic carbocycles. The van der Waals surface area contributed by atoms with E-state index < -0.39 is 61.5 Å². The summed E-state index contributed by atoms with van der Waals surface area (Å²) >= 11 is 0. The highest BCUT2D eigenvalue weighted by Gasteiger charge is 2.44. The van der Waals surface area contributed by atoms with Crippen molar-refractivity contribution < 1.29 is 44.9 Å². The minimum Gasteiger partial charge on any atom is -0.394 e. The average Bonchev–Trinajstić information content (AvgIpc) is 3.41. The van der Waals surface area contributed by atoms with Crippen LogP contribution in [0.1, 0.15) is 348 Å². The molecule has 8 unspecified atom stereocenters. The van der Waals surface area contributed by atoms with Gasteiger partial charge in [-0.3, -0.25) is 4.79 Å². The first-order chi connectivity index (χ1) is 36.8. The Hall–Kier alpha value is -0.850. The monoisotopic (exact) mass is 1070 g/mol. The summed E-state index contributed by atoms with van der Waals surface area (Å²) in [5, 5.41) is 65.3. The maximum absolute atomic E-state index is 13.2. The van der Waals surface area contributed by atoms with E-state index in [1.807, 2.05) is 0 Å². The van der Waals surface area contributed by atoms with E-state index in [9.17, 15) is 35.4 Å². The van der Waals surface area contributed by atoms with E-state index in [0.717, 1.165) is 38.5 Å². The Morgan fingerprint density at radius 3 is 0.947 bits per heavy atom. The number of nitrogens with one attached hydrogen (secondary N) is 1. The van der Waals surface area contributed by atoms with Gasteiger partial charge < -0.3 is 45.4 Å². The molecule has 10 heteroatoms. The summed E-state index contributed by atoms with van der Waals surface area (Å²) in [5.41, 5.74) is 0. The summed E-state index contributed by atoms with van der Waals surface area (Å²) in [6, 6.07) is -0.890. The molecule has 75 heavy (non-hydrogen) atoms. The summed E-state index contributed by atoms with van der Waals surface area (Å²) < 4.78 is 11.3. The molecular formula is C65H129NO9. The summed E-state index contributed by atoms with van der Waals surface area (Å²) in [6.07, 6.45) is 57.9. The quantitative estimate of drug-likeness (QED) is 0.0293. The van der Waals surface area contributed by atoms with Crippen molar-refractivity contribution in [3.63, 3.8) is 0 Å². The van der Waals surface area contributed by atoms with Gasteiger partial charge in [-0.15, -0.1) is 0 Å². The molecule has 1 rings (SSSR count). The normalized spacial score (nSPS) is 19.2. The lowest BCUT2D eigenvalue weighted by molar-refractivity contribution is -0.302. The Morgan fingerprint density at radius 1 is 0.400 bits per heavy atom. The minimum atomic E-state index is -1.59. The molecular weight excluding hydrogens is 939 g/mol. The summed E-state index contributed by atoms with van der Waals surface area (Å²) in [4.78, 5) is 13.2. The zero-order chi connectivity index (χ0) is 54.5. The molecule has 1 aliphatic rings. The summed E-state index contributed by atoms with van der Waals surface area (Å²) in [5.74, 6) is -0.575. The van der Waals surface area contributed by atoms with E-state index in [1.54, 1.807) is 0 Å². The second-order valence-electron chi connectivity index (χ2n) is 23.8. The first-order valence-electron chi connectivity index (χ1n) is 33.3. The first kappa shape index (κ1) is 72.2. The minimum absolute atomic E-state index is 0.249. The number of amides is 1. The van der Waals surface area contributed by atoms with Crippen LogP contribution in [0.3, 0.4) is 0 Å². The van der Waals surface area contributed by atoms with Gasteiger partial charge >= 0.3 is 0 Å². The maximum atomic E-state index is 13.2. The fourth-order valence-corrected chi connectivity index (χ4v) is 11.2. The number of carbonyl (C=O) groups is 1. The second kappa shape index (κ2) is 55.1. The van der Waals surface area contributed by atoms with Gasteiger partial charge in [0.25, 0.3) is 0 Å². The zero-order valence-corrected chi connectivity index (χ0v) is 49.7. The van der Waals surface area contributed by atoms with Crippen LogP contribution in [0.2, 0.25) is 0 Å². The lowest BCUT2D eigenvalue weighted by atomic mass is 9.99. The van der Waals surface area contributed by atoms with Crippen molar-refractivity contribution in [1.82, 2.24) is 5.32 Å². The molecule has 10 nitrogen and oxygen atoms in total. The van der Waals surface area contributed by atoms with Crippen LogP contribution in [0.25, 0.3) is 0 Å². The number of unbranched alkanes of at least 4 members (excludes halogenated alkanes) is 48. The maximum Gasteiger partial charge on any atom is 0.249 e. The van der Waals surface area contributed by atoms with Crippen LogP contribution in [0.5, 0.6) is 0 Å². The Balaban J connectivity index is 2.06. The summed E-state index contributed by atoms with van der Waals surface area (Å²) in [7, 11) is 0. The second-order valence-corrected chi connectivity index (χ2v) is 23.8. The van der Waals surface area contributed by atoms with Gasteiger partial charge in [0.15, 0.2) is 6.29 Å². The Bertz CT molecular complexity index is 1160. The Morgan fingerprint density at radius 2 is 0.667 bits per heavy atom. The number of carbonyl (C=O) groups excluding carboxylic acids is 1. The SMILES string of the molecule is CCCCCCCCCCCCCCCCCCCCCCCCCCCCCCCCCCCCCCC(O)C(=O)NC(COC1OC(CO)C(O)C(O)C1O)C(O)CCCCCCCCCCCCCCCC. The number of hydrogen-bond donors (Lipinski definition) is 7. The van der Waals surface area contributed by atoms with Crippen molar-refractivity contribution in [1.29, 1.82) is 0 Å². The number of hydrogen-bond acceptors (Lipinski definition) is 9. The molecule has 0 aromatic heterocycles. The highest BCUT2D eigenvalue weighted by Crippen LogP contribution is 2.24. The lowest BCUT2D eigenvalue weighted by Gasteiger charge is -2.40. The van der Waals surface area contributed by atoms with Gasteiger partial charge in [0.2, 0.25) is 5.91 Å². The lowest BCUT2D eigenvalue weighted by Crippen LogP contribution is -2.60. The number of rotatable bonds is 59. The van der Waals surface area contributed by atoms with Gasteiger partial charge in [-0.25, -0.2) is 0 Å². The molecule has 0 spiro atoms. The van der Waals surface area contributed by atoms with Crippen molar-refractivity contribution >= 4 is 5.91 Å². The first-order valence-corrected chi connectivity index (χ1v) is 33.3. The highest BCUT2D eigenvalue weighted by molar-refractivity contribution is 5.80. The van der Waals surface area contributed by atoms with Crippen LogP contribution in [0.15, 0.2) is 0 Å². The Labute approximate surface area is 464 Å². The van der Waals surface area contributed by atoms with E-state index in [-0.39, 0.29) is 6.61 Å². The van der Waals surface area contributed by atoms with Crippen LogP contribution in [-0.4, -0.2) is 98.7 Å². The molecule has 1 amide bonds. The number of ether oxygens (including phenoxy) is 2. The molecule has 1 fully saturated rings. The van der Waals surface area contributed by atoms with Crippen LogP contribution in [-0.2, 0) is 14.3 Å². The van der Waals surface area contributed by atoms with E-state index in [1.165, 1.54) is 283 Å². The third-order valence-corrected chi connectivity index (χ3v) is 16.6. The molecule has 0 radical (unpaired) electrons. The largest absolute Gasteiger partial charge is 0.394 e. The van der Waals surface area contributed by atoms with Crippen molar-refractivity contribution in [2.24, 2.45) is 0 Å². The Kier molecular flexibility index (Phi) is 53.0.